The van der Waals surface area contributed by atoms with Gasteiger partial charge in [0, 0.05) is 18.9 Å². The standard InChI is InChI=1S/C15H19N3O2/c16-13-14(11-7-8-11)17-18(15(13)19)9-4-10-20-12-5-2-1-3-6-12/h1-3,5-6,11,17H,4,7-10,16H2. The molecule has 0 spiro atoms. The van der Waals surface area contributed by atoms with Gasteiger partial charge in [-0.05, 0) is 25.0 Å². The van der Waals surface area contributed by atoms with E-state index in [1.165, 1.54) is 0 Å². The first-order valence-electron chi connectivity index (χ1n) is 7.01. The monoisotopic (exact) mass is 273 g/mol. The first-order valence-corrected chi connectivity index (χ1v) is 7.01. The molecule has 5 nitrogen and oxygen atoms in total. The number of hydrogen-bond acceptors (Lipinski definition) is 3. The molecule has 1 fully saturated rings. The normalized spacial score (nSPS) is 14.4. The van der Waals surface area contributed by atoms with Crippen LogP contribution in [0, 0.1) is 0 Å². The summed E-state index contributed by atoms with van der Waals surface area (Å²) in [6.45, 7) is 1.18. The Morgan fingerprint density at radius 1 is 1.30 bits per heavy atom. The van der Waals surface area contributed by atoms with Crippen LogP contribution in [-0.2, 0) is 6.54 Å². The van der Waals surface area contributed by atoms with Crippen LogP contribution in [0.1, 0.15) is 30.9 Å². The minimum atomic E-state index is -0.105. The van der Waals surface area contributed by atoms with Crippen LogP contribution in [0.25, 0.3) is 0 Å². The zero-order valence-corrected chi connectivity index (χ0v) is 11.3. The van der Waals surface area contributed by atoms with Crippen molar-refractivity contribution in [3.8, 4) is 5.75 Å². The van der Waals surface area contributed by atoms with E-state index in [-0.39, 0.29) is 5.56 Å². The molecule has 1 aliphatic rings. The summed E-state index contributed by atoms with van der Waals surface area (Å²) in [5.74, 6) is 1.31. The van der Waals surface area contributed by atoms with Crippen LogP contribution in [-0.4, -0.2) is 16.4 Å². The topological polar surface area (TPSA) is 73.0 Å². The van der Waals surface area contributed by atoms with E-state index < -0.39 is 0 Å². The minimum Gasteiger partial charge on any atom is -0.494 e. The molecule has 1 aromatic carbocycles. The maximum Gasteiger partial charge on any atom is 0.289 e. The quantitative estimate of drug-likeness (QED) is 0.792. The van der Waals surface area contributed by atoms with Gasteiger partial charge >= 0.3 is 0 Å². The molecule has 106 valence electrons. The van der Waals surface area contributed by atoms with E-state index in [2.05, 4.69) is 5.10 Å². The Bertz CT molecular complexity index is 626. The smallest absolute Gasteiger partial charge is 0.289 e. The lowest BCUT2D eigenvalue weighted by atomic mass is 10.3. The molecule has 5 heteroatoms. The number of nitrogens with one attached hydrogen (secondary N) is 1. The van der Waals surface area contributed by atoms with Gasteiger partial charge in [-0.25, -0.2) is 0 Å². The highest BCUT2D eigenvalue weighted by molar-refractivity contribution is 5.44. The number of benzene rings is 1. The van der Waals surface area contributed by atoms with Gasteiger partial charge in [-0.1, -0.05) is 18.2 Å². The second-order valence-corrected chi connectivity index (χ2v) is 5.19. The van der Waals surface area contributed by atoms with Crippen LogP contribution in [0.4, 0.5) is 5.69 Å². The molecular weight excluding hydrogens is 254 g/mol. The van der Waals surface area contributed by atoms with E-state index in [4.69, 9.17) is 10.5 Å². The van der Waals surface area contributed by atoms with Crippen molar-refractivity contribution in [2.24, 2.45) is 0 Å². The van der Waals surface area contributed by atoms with Crippen molar-refractivity contribution in [3.63, 3.8) is 0 Å². The third-order valence-corrected chi connectivity index (χ3v) is 3.54. The fraction of sp³-hybridized carbons (Fsp3) is 0.400. The lowest BCUT2D eigenvalue weighted by Crippen LogP contribution is -2.19. The molecule has 0 saturated heterocycles. The van der Waals surface area contributed by atoms with Gasteiger partial charge in [0.1, 0.15) is 11.4 Å². The zero-order valence-electron chi connectivity index (χ0n) is 11.3. The summed E-state index contributed by atoms with van der Waals surface area (Å²) in [5, 5.41) is 3.13. The molecule has 1 heterocycles. The number of H-pyrrole nitrogens is 1. The first-order chi connectivity index (χ1) is 9.75. The minimum absolute atomic E-state index is 0.105. The SMILES string of the molecule is Nc1c(C2CC2)[nH]n(CCCOc2ccccc2)c1=O. The molecule has 0 aliphatic heterocycles. The van der Waals surface area contributed by atoms with Gasteiger partial charge in [-0.15, -0.1) is 0 Å². The van der Waals surface area contributed by atoms with Crippen molar-refractivity contribution in [1.29, 1.82) is 0 Å². The Morgan fingerprint density at radius 2 is 2.05 bits per heavy atom. The van der Waals surface area contributed by atoms with Crippen molar-refractivity contribution in [2.45, 2.75) is 31.7 Å². The molecule has 3 rings (SSSR count). The number of aromatic amines is 1. The zero-order chi connectivity index (χ0) is 13.9. The molecule has 1 saturated carbocycles. The third kappa shape index (κ3) is 2.71. The van der Waals surface area contributed by atoms with Crippen molar-refractivity contribution < 1.29 is 4.74 Å². The molecule has 1 aliphatic carbocycles. The molecule has 0 radical (unpaired) electrons. The number of nitrogens with zero attached hydrogens (tertiary/aromatic N) is 1. The fourth-order valence-corrected chi connectivity index (χ4v) is 2.29. The predicted molar refractivity (Wildman–Crippen MR) is 78.0 cm³/mol. The highest BCUT2D eigenvalue weighted by Gasteiger charge is 2.29. The number of para-hydroxylation sites is 1. The predicted octanol–water partition coefficient (Wildman–Crippen LogP) is 2.11. The Balaban J connectivity index is 1.54. The summed E-state index contributed by atoms with van der Waals surface area (Å²) < 4.78 is 7.20. The number of aromatic nitrogens is 2. The number of rotatable bonds is 6. The molecule has 20 heavy (non-hydrogen) atoms. The molecular formula is C15H19N3O2. The Morgan fingerprint density at radius 3 is 2.75 bits per heavy atom. The van der Waals surface area contributed by atoms with Gasteiger partial charge in [0.15, 0.2) is 0 Å². The van der Waals surface area contributed by atoms with Gasteiger partial charge < -0.3 is 10.5 Å². The van der Waals surface area contributed by atoms with Crippen LogP contribution in [0.2, 0.25) is 0 Å². The Hall–Kier alpha value is -2.17. The second kappa shape index (κ2) is 5.45. The van der Waals surface area contributed by atoms with Crippen molar-refractivity contribution in [1.82, 2.24) is 9.78 Å². The third-order valence-electron chi connectivity index (χ3n) is 3.54. The summed E-state index contributed by atoms with van der Waals surface area (Å²) in [6, 6.07) is 9.67. The van der Waals surface area contributed by atoms with Gasteiger partial charge in [0.2, 0.25) is 0 Å². The van der Waals surface area contributed by atoms with Crippen LogP contribution in [0.3, 0.4) is 0 Å². The molecule has 0 bridgehead atoms. The lowest BCUT2D eigenvalue weighted by molar-refractivity contribution is 0.297. The summed E-state index contributed by atoms with van der Waals surface area (Å²) in [5.41, 5.74) is 7.04. The molecule has 0 amide bonds. The van der Waals surface area contributed by atoms with E-state index in [0.717, 1.165) is 30.7 Å². The number of nitrogen functional groups attached to an aromatic ring is 1. The molecule has 0 atom stereocenters. The summed E-state index contributed by atoms with van der Waals surface area (Å²) >= 11 is 0. The Kier molecular flexibility index (Phi) is 3.50. The maximum absolute atomic E-state index is 12.0. The van der Waals surface area contributed by atoms with Crippen LogP contribution in [0.15, 0.2) is 35.1 Å². The van der Waals surface area contributed by atoms with Crippen LogP contribution < -0.4 is 16.0 Å². The van der Waals surface area contributed by atoms with E-state index in [1.807, 2.05) is 30.3 Å². The van der Waals surface area contributed by atoms with E-state index in [0.29, 0.717) is 24.8 Å². The Labute approximate surface area is 117 Å². The molecule has 2 aromatic rings. The molecule has 1 aromatic heterocycles. The van der Waals surface area contributed by atoms with Gasteiger partial charge in [0.25, 0.3) is 5.56 Å². The van der Waals surface area contributed by atoms with Crippen LogP contribution >= 0.6 is 0 Å². The van der Waals surface area contributed by atoms with E-state index >= 15 is 0 Å². The average Bonchev–Trinajstić information content (AvgIpc) is 3.27. The molecule has 3 N–H and O–H groups in total. The summed E-state index contributed by atoms with van der Waals surface area (Å²) in [7, 11) is 0. The fourth-order valence-electron chi connectivity index (χ4n) is 2.29. The van der Waals surface area contributed by atoms with E-state index in [1.54, 1.807) is 4.68 Å². The van der Waals surface area contributed by atoms with Gasteiger partial charge in [-0.3, -0.25) is 14.6 Å². The van der Waals surface area contributed by atoms with Crippen molar-refractivity contribution in [2.75, 3.05) is 12.3 Å². The average molecular weight is 273 g/mol. The van der Waals surface area contributed by atoms with Crippen LogP contribution in [0.5, 0.6) is 5.75 Å². The maximum atomic E-state index is 12.0. The van der Waals surface area contributed by atoms with Gasteiger partial charge in [0.05, 0.1) is 12.3 Å². The lowest BCUT2D eigenvalue weighted by Gasteiger charge is -2.06. The summed E-state index contributed by atoms with van der Waals surface area (Å²) in [6.07, 6.45) is 3.02. The largest absolute Gasteiger partial charge is 0.494 e. The number of aryl methyl sites for hydroxylation is 1. The number of hydrogen-bond donors (Lipinski definition) is 2. The number of anilines is 1. The molecule has 0 unspecified atom stereocenters. The highest BCUT2D eigenvalue weighted by atomic mass is 16.5. The highest BCUT2D eigenvalue weighted by Crippen LogP contribution is 2.40. The number of nitrogens with two attached hydrogens (primary N) is 1. The van der Waals surface area contributed by atoms with E-state index in [9.17, 15) is 4.79 Å². The van der Waals surface area contributed by atoms with Crippen molar-refractivity contribution in [3.05, 3.63) is 46.4 Å². The number of ether oxygens (including phenoxy) is 1. The van der Waals surface area contributed by atoms with Crippen molar-refractivity contribution >= 4 is 5.69 Å². The van der Waals surface area contributed by atoms with Gasteiger partial charge in [-0.2, -0.15) is 0 Å². The second-order valence-electron chi connectivity index (χ2n) is 5.19. The first kappa shape index (κ1) is 12.8. The summed E-state index contributed by atoms with van der Waals surface area (Å²) in [4.78, 5) is 12.0.